The van der Waals surface area contributed by atoms with Crippen molar-refractivity contribution in [2.24, 2.45) is 0 Å². The minimum atomic E-state index is -0.0500. The van der Waals surface area contributed by atoms with Crippen LogP contribution in [0.4, 0.5) is 5.82 Å². The average Bonchev–Trinajstić information content (AvgIpc) is 2.39. The van der Waals surface area contributed by atoms with E-state index in [2.05, 4.69) is 35.6 Å². The van der Waals surface area contributed by atoms with Crippen molar-refractivity contribution in [1.29, 1.82) is 0 Å². The third kappa shape index (κ3) is 3.97. The third-order valence-corrected chi connectivity index (χ3v) is 3.02. The molecule has 96 valence electrons. The maximum absolute atomic E-state index is 8.95. The van der Waals surface area contributed by atoms with Crippen molar-refractivity contribution in [3.05, 3.63) is 18.1 Å². The van der Waals surface area contributed by atoms with Crippen molar-refractivity contribution < 1.29 is 5.11 Å². The summed E-state index contributed by atoms with van der Waals surface area (Å²) in [7, 11) is 0. The van der Waals surface area contributed by atoms with E-state index in [1.165, 1.54) is 6.42 Å². The number of hydrogen-bond acceptors (Lipinski definition) is 4. The van der Waals surface area contributed by atoms with Gasteiger partial charge in [-0.3, -0.25) is 4.98 Å². The number of hydrogen-bond donors (Lipinski definition) is 1. The largest absolute Gasteiger partial charge is 0.390 e. The zero-order valence-electron chi connectivity index (χ0n) is 11.1. The summed E-state index contributed by atoms with van der Waals surface area (Å²) in [5.41, 5.74) is 0.619. The molecule has 0 fully saturated rings. The van der Waals surface area contributed by atoms with E-state index in [1.807, 2.05) is 0 Å². The lowest BCUT2D eigenvalue weighted by atomic mass is 10.2. The van der Waals surface area contributed by atoms with Gasteiger partial charge in [-0.25, -0.2) is 4.98 Å². The van der Waals surface area contributed by atoms with Gasteiger partial charge in [-0.05, 0) is 19.8 Å². The van der Waals surface area contributed by atoms with E-state index in [0.717, 1.165) is 25.2 Å². The molecule has 1 aromatic heterocycles. The highest BCUT2D eigenvalue weighted by molar-refractivity contribution is 5.37. The van der Waals surface area contributed by atoms with Crippen molar-refractivity contribution in [2.45, 2.75) is 52.7 Å². The molecule has 1 aromatic rings. The fourth-order valence-electron chi connectivity index (χ4n) is 1.69. The van der Waals surface area contributed by atoms with Crippen LogP contribution in [0.1, 0.15) is 45.7 Å². The van der Waals surface area contributed by atoms with Crippen molar-refractivity contribution in [1.82, 2.24) is 9.97 Å². The summed E-state index contributed by atoms with van der Waals surface area (Å²) in [6, 6.07) is 0.468. The predicted molar refractivity (Wildman–Crippen MR) is 70.0 cm³/mol. The van der Waals surface area contributed by atoms with Gasteiger partial charge in [0.2, 0.25) is 0 Å². The van der Waals surface area contributed by atoms with E-state index in [1.54, 1.807) is 12.4 Å². The number of anilines is 1. The van der Waals surface area contributed by atoms with E-state index in [9.17, 15) is 0 Å². The molecule has 1 heterocycles. The third-order valence-electron chi connectivity index (χ3n) is 3.02. The molecule has 4 nitrogen and oxygen atoms in total. The minimum absolute atomic E-state index is 0.0500. The van der Waals surface area contributed by atoms with Crippen LogP contribution in [0.3, 0.4) is 0 Å². The Bertz CT molecular complexity index is 313. The van der Waals surface area contributed by atoms with Gasteiger partial charge in [-0.1, -0.05) is 20.3 Å². The Kier molecular flexibility index (Phi) is 5.91. The predicted octanol–water partition coefficient (Wildman–Crippen LogP) is 2.37. The average molecular weight is 237 g/mol. The quantitative estimate of drug-likeness (QED) is 0.791. The topological polar surface area (TPSA) is 49.2 Å². The Morgan fingerprint density at radius 1 is 1.29 bits per heavy atom. The molecule has 0 amide bonds. The van der Waals surface area contributed by atoms with Crippen LogP contribution >= 0.6 is 0 Å². The van der Waals surface area contributed by atoms with Crippen molar-refractivity contribution in [2.75, 3.05) is 11.4 Å². The molecule has 0 bridgehead atoms. The molecule has 1 rings (SSSR count). The van der Waals surface area contributed by atoms with Crippen molar-refractivity contribution >= 4 is 5.82 Å². The summed E-state index contributed by atoms with van der Waals surface area (Å²) in [4.78, 5) is 10.9. The second kappa shape index (κ2) is 7.22. The van der Waals surface area contributed by atoms with E-state index in [-0.39, 0.29) is 6.61 Å². The second-order valence-electron chi connectivity index (χ2n) is 4.33. The van der Waals surface area contributed by atoms with Crippen LogP contribution in [0.15, 0.2) is 12.4 Å². The molecule has 0 saturated heterocycles. The molecule has 0 aliphatic heterocycles. The lowest BCUT2D eigenvalue weighted by molar-refractivity contribution is 0.276. The fraction of sp³-hybridized carbons (Fsp3) is 0.692. The Hall–Kier alpha value is -1.16. The Morgan fingerprint density at radius 2 is 2.06 bits per heavy atom. The molecule has 0 saturated carbocycles. The molecular formula is C13H23N3O. The molecule has 0 aliphatic carbocycles. The minimum Gasteiger partial charge on any atom is -0.390 e. The highest BCUT2D eigenvalue weighted by atomic mass is 16.3. The highest BCUT2D eigenvalue weighted by Crippen LogP contribution is 2.15. The zero-order chi connectivity index (χ0) is 12.7. The molecule has 0 radical (unpaired) electrons. The van der Waals surface area contributed by atoms with E-state index in [0.29, 0.717) is 11.7 Å². The van der Waals surface area contributed by atoms with Crippen LogP contribution in [0.5, 0.6) is 0 Å². The molecule has 0 aromatic carbocycles. The summed E-state index contributed by atoms with van der Waals surface area (Å²) in [5.74, 6) is 0.907. The van der Waals surface area contributed by atoms with Gasteiger partial charge in [0, 0.05) is 12.6 Å². The molecule has 17 heavy (non-hydrogen) atoms. The van der Waals surface area contributed by atoms with Gasteiger partial charge in [0.1, 0.15) is 5.82 Å². The van der Waals surface area contributed by atoms with E-state index in [4.69, 9.17) is 5.11 Å². The Labute approximate surface area is 104 Å². The number of nitrogens with zero attached hydrogens (tertiary/aromatic N) is 3. The van der Waals surface area contributed by atoms with Gasteiger partial charge in [0.25, 0.3) is 0 Å². The van der Waals surface area contributed by atoms with Gasteiger partial charge >= 0.3 is 0 Å². The zero-order valence-corrected chi connectivity index (χ0v) is 11.1. The lowest BCUT2D eigenvalue weighted by Crippen LogP contribution is -2.34. The summed E-state index contributed by atoms with van der Waals surface area (Å²) in [6.45, 7) is 7.54. The van der Waals surface area contributed by atoms with Crippen LogP contribution < -0.4 is 4.90 Å². The SMILES string of the molecule is CCCCN(c1cnc(CO)cn1)C(C)CC. The molecule has 1 unspecified atom stereocenters. The number of aliphatic hydroxyl groups is 1. The highest BCUT2D eigenvalue weighted by Gasteiger charge is 2.13. The van der Waals surface area contributed by atoms with Crippen molar-refractivity contribution in [3.8, 4) is 0 Å². The van der Waals surface area contributed by atoms with Gasteiger partial charge in [-0.2, -0.15) is 0 Å². The first-order valence-corrected chi connectivity index (χ1v) is 6.41. The maximum atomic E-state index is 8.95. The fourth-order valence-corrected chi connectivity index (χ4v) is 1.69. The lowest BCUT2D eigenvalue weighted by Gasteiger charge is -2.29. The molecule has 0 aliphatic rings. The van der Waals surface area contributed by atoms with Crippen LogP contribution in [0.25, 0.3) is 0 Å². The Morgan fingerprint density at radius 3 is 2.53 bits per heavy atom. The van der Waals surface area contributed by atoms with Gasteiger partial charge < -0.3 is 10.0 Å². The molecular weight excluding hydrogens is 214 g/mol. The van der Waals surface area contributed by atoms with Gasteiger partial charge in [0.15, 0.2) is 0 Å². The van der Waals surface area contributed by atoms with E-state index >= 15 is 0 Å². The summed E-state index contributed by atoms with van der Waals surface area (Å²) >= 11 is 0. The monoisotopic (exact) mass is 237 g/mol. The van der Waals surface area contributed by atoms with Gasteiger partial charge in [-0.15, -0.1) is 0 Å². The van der Waals surface area contributed by atoms with Crippen LogP contribution in [0, 0.1) is 0 Å². The van der Waals surface area contributed by atoms with Crippen LogP contribution in [-0.2, 0) is 6.61 Å². The van der Waals surface area contributed by atoms with Gasteiger partial charge in [0.05, 0.1) is 24.7 Å². The standard InChI is InChI=1S/C13H23N3O/c1-4-6-7-16(11(3)5-2)13-9-14-12(10-17)8-15-13/h8-9,11,17H,4-7,10H2,1-3H3. The smallest absolute Gasteiger partial charge is 0.147 e. The van der Waals surface area contributed by atoms with E-state index < -0.39 is 0 Å². The van der Waals surface area contributed by atoms with Crippen molar-refractivity contribution in [3.63, 3.8) is 0 Å². The first-order valence-electron chi connectivity index (χ1n) is 6.41. The first-order chi connectivity index (χ1) is 8.22. The molecule has 1 N–H and O–H groups in total. The number of aliphatic hydroxyl groups excluding tert-OH is 1. The number of aromatic nitrogens is 2. The molecule has 4 heteroatoms. The second-order valence-corrected chi connectivity index (χ2v) is 4.33. The molecule has 1 atom stereocenters. The molecule has 0 spiro atoms. The normalized spacial score (nSPS) is 12.5. The summed E-state index contributed by atoms with van der Waals surface area (Å²) < 4.78 is 0. The maximum Gasteiger partial charge on any atom is 0.147 e. The number of rotatable bonds is 7. The summed E-state index contributed by atoms with van der Waals surface area (Å²) in [6.07, 6.45) is 6.83. The number of unbranched alkanes of at least 4 members (excludes halogenated alkanes) is 1. The Balaban J connectivity index is 2.79. The van der Waals surface area contributed by atoms with Crippen LogP contribution in [-0.4, -0.2) is 27.7 Å². The summed E-state index contributed by atoms with van der Waals surface area (Å²) in [5, 5.41) is 8.95. The first kappa shape index (κ1) is 13.9. The van der Waals surface area contributed by atoms with Crippen LogP contribution in [0.2, 0.25) is 0 Å².